The summed E-state index contributed by atoms with van der Waals surface area (Å²) in [6.45, 7) is 0. The minimum Gasteiger partial charge on any atom is -0.479 e. The van der Waals surface area contributed by atoms with E-state index in [0.29, 0.717) is 11.8 Å². The number of anilines is 1. The minimum absolute atomic E-state index is 0.0237. The molecule has 0 bridgehead atoms. The molecule has 0 amide bonds. The Morgan fingerprint density at radius 1 is 1.65 bits per heavy atom. The standard InChI is InChI=1S/C9H7FN3O4PS2/c10-6-5(19-2-11)1-4(17-3-18(14,15)16)7-8(6)20-9(12)13-7/h1H,3H2,(H2,12,13)(H2,14,15,16). The molecule has 0 unspecified atom stereocenters. The number of thiocyanates is 1. The molecule has 0 saturated carbocycles. The van der Waals surface area contributed by atoms with Gasteiger partial charge in [0.25, 0.3) is 0 Å². The molecule has 106 valence electrons. The third-order valence-electron chi connectivity index (χ3n) is 2.10. The van der Waals surface area contributed by atoms with Crippen LogP contribution < -0.4 is 10.5 Å². The summed E-state index contributed by atoms with van der Waals surface area (Å²) in [6.07, 6.45) is -0.873. The van der Waals surface area contributed by atoms with E-state index < -0.39 is 19.8 Å². The Hall–Kier alpha value is -1.37. The second kappa shape index (κ2) is 5.55. The normalized spacial score (nSPS) is 11.5. The van der Waals surface area contributed by atoms with Crippen LogP contribution in [0.3, 0.4) is 0 Å². The first kappa shape index (κ1) is 15.0. The zero-order valence-electron chi connectivity index (χ0n) is 9.61. The first-order valence-corrected chi connectivity index (χ1v) is 8.36. The van der Waals surface area contributed by atoms with Crippen molar-refractivity contribution in [1.82, 2.24) is 4.98 Å². The number of benzene rings is 1. The van der Waals surface area contributed by atoms with Gasteiger partial charge in [-0.05, 0) is 11.8 Å². The molecular weight excluding hydrogens is 328 g/mol. The third kappa shape index (κ3) is 3.20. The predicted octanol–water partition coefficient (Wildman–Crippen LogP) is 2.10. The van der Waals surface area contributed by atoms with Crippen LogP contribution in [0.15, 0.2) is 11.0 Å². The Bertz CT molecular complexity index is 754. The fourth-order valence-corrected chi connectivity index (χ4v) is 3.02. The molecule has 0 aliphatic rings. The van der Waals surface area contributed by atoms with Crippen LogP contribution in [0.5, 0.6) is 5.75 Å². The number of nitriles is 1. The monoisotopic (exact) mass is 335 g/mol. The maximum Gasteiger partial charge on any atom is 0.362 e. The van der Waals surface area contributed by atoms with Crippen LogP contribution in [0.25, 0.3) is 10.2 Å². The summed E-state index contributed by atoms with van der Waals surface area (Å²) in [6, 6.07) is 1.17. The van der Waals surface area contributed by atoms with E-state index in [1.54, 1.807) is 5.40 Å². The highest BCUT2D eigenvalue weighted by atomic mass is 32.2. The van der Waals surface area contributed by atoms with Gasteiger partial charge in [-0.2, -0.15) is 5.26 Å². The fourth-order valence-electron chi connectivity index (χ4n) is 1.40. The Kier molecular flexibility index (Phi) is 4.17. The van der Waals surface area contributed by atoms with Gasteiger partial charge in [0.1, 0.15) is 16.7 Å². The highest BCUT2D eigenvalue weighted by Gasteiger charge is 2.20. The average molecular weight is 335 g/mol. The fraction of sp³-hybridized carbons (Fsp3) is 0.111. The molecule has 4 N–H and O–H groups in total. The van der Waals surface area contributed by atoms with E-state index in [2.05, 4.69) is 4.98 Å². The summed E-state index contributed by atoms with van der Waals surface area (Å²) in [7, 11) is -4.39. The second-order valence-electron chi connectivity index (χ2n) is 3.55. The highest BCUT2D eigenvalue weighted by Crippen LogP contribution is 2.41. The van der Waals surface area contributed by atoms with Gasteiger partial charge >= 0.3 is 7.60 Å². The van der Waals surface area contributed by atoms with Crippen LogP contribution in [0.2, 0.25) is 0 Å². The van der Waals surface area contributed by atoms with Crippen molar-refractivity contribution in [2.75, 3.05) is 12.1 Å². The number of nitrogens with zero attached hydrogens (tertiary/aromatic N) is 2. The van der Waals surface area contributed by atoms with Gasteiger partial charge in [-0.15, -0.1) is 0 Å². The SMILES string of the molecule is N#CSc1cc(OCP(=O)(O)O)c2nc(N)sc2c1F. The van der Waals surface area contributed by atoms with Gasteiger partial charge in [0.05, 0.1) is 9.60 Å². The van der Waals surface area contributed by atoms with Gasteiger partial charge in [0, 0.05) is 6.07 Å². The largest absolute Gasteiger partial charge is 0.479 e. The molecule has 2 aromatic rings. The van der Waals surface area contributed by atoms with Gasteiger partial charge in [-0.25, -0.2) is 9.37 Å². The topological polar surface area (TPSA) is 129 Å². The maximum atomic E-state index is 14.1. The molecule has 7 nitrogen and oxygen atoms in total. The van der Waals surface area contributed by atoms with Gasteiger partial charge in [0.15, 0.2) is 17.3 Å². The lowest BCUT2D eigenvalue weighted by atomic mass is 10.3. The van der Waals surface area contributed by atoms with Crippen LogP contribution in [0, 0.1) is 16.5 Å². The molecule has 1 heterocycles. The first-order valence-electron chi connectivity index (χ1n) is 4.93. The van der Waals surface area contributed by atoms with Crippen LogP contribution in [-0.4, -0.2) is 21.1 Å². The van der Waals surface area contributed by atoms with Crippen molar-refractivity contribution in [3.63, 3.8) is 0 Å². The lowest BCUT2D eigenvalue weighted by Crippen LogP contribution is -1.99. The van der Waals surface area contributed by atoms with Crippen molar-refractivity contribution in [3.05, 3.63) is 11.9 Å². The van der Waals surface area contributed by atoms with Crippen molar-refractivity contribution in [1.29, 1.82) is 5.26 Å². The zero-order valence-corrected chi connectivity index (χ0v) is 12.1. The van der Waals surface area contributed by atoms with Gasteiger partial charge in [-0.1, -0.05) is 11.3 Å². The van der Waals surface area contributed by atoms with E-state index in [-0.39, 0.29) is 26.0 Å². The van der Waals surface area contributed by atoms with E-state index in [4.69, 9.17) is 25.5 Å². The van der Waals surface area contributed by atoms with Crippen molar-refractivity contribution < 1.29 is 23.5 Å². The first-order chi connectivity index (χ1) is 9.31. The Morgan fingerprint density at radius 2 is 2.35 bits per heavy atom. The number of ether oxygens (including phenoxy) is 1. The molecule has 0 aliphatic heterocycles. The van der Waals surface area contributed by atoms with E-state index in [1.807, 2.05) is 0 Å². The third-order valence-corrected chi connectivity index (χ3v) is 4.05. The average Bonchev–Trinajstić information content (AvgIpc) is 2.72. The highest BCUT2D eigenvalue weighted by molar-refractivity contribution is 8.03. The van der Waals surface area contributed by atoms with Crippen molar-refractivity contribution in [3.8, 4) is 11.2 Å². The number of aromatic nitrogens is 1. The smallest absolute Gasteiger partial charge is 0.362 e. The molecule has 1 aromatic carbocycles. The van der Waals surface area contributed by atoms with Crippen molar-refractivity contribution in [2.24, 2.45) is 0 Å². The maximum absolute atomic E-state index is 14.1. The Labute approximate surface area is 120 Å². The van der Waals surface area contributed by atoms with E-state index in [9.17, 15) is 8.96 Å². The summed E-state index contributed by atoms with van der Waals surface area (Å²) in [5.74, 6) is -0.695. The minimum atomic E-state index is -4.39. The number of rotatable bonds is 4. The van der Waals surface area contributed by atoms with E-state index in [1.165, 1.54) is 6.07 Å². The number of thioether (sulfide) groups is 1. The number of fused-ring (bicyclic) bond motifs is 1. The Balaban J connectivity index is 2.54. The number of halogens is 1. The van der Waals surface area contributed by atoms with Crippen LogP contribution in [0.1, 0.15) is 0 Å². The molecule has 0 radical (unpaired) electrons. The molecule has 2 rings (SSSR count). The van der Waals surface area contributed by atoms with Crippen LogP contribution in [-0.2, 0) is 4.57 Å². The molecule has 11 heteroatoms. The van der Waals surface area contributed by atoms with Crippen LogP contribution >= 0.6 is 30.7 Å². The van der Waals surface area contributed by atoms with Crippen molar-refractivity contribution >= 4 is 46.0 Å². The number of nitrogens with two attached hydrogens (primary N) is 1. The lowest BCUT2D eigenvalue weighted by Gasteiger charge is -2.09. The second-order valence-corrected chi connectivity index (χ2v) is 6.99. The van der Waals surface area contributed by atoms with Gasteiger partial charge in [0.2, 0.25) is 0 Å². The molecule has 1 aromatic heterocycles. The molecule has 20 heavy (non-hydrogen) atoms. The Morgan fingerprint density at radius 3 is 2.95 bits per heavy atom. The quantitative estimate of drug-likeness (QED) is 0.440. The molecule has 0 saturated heterocycles. The molecule has 0 fully saturated rings. The summed E-state index contributed by atoms with van der Waals surface area (Å²) in [5.41, 5.74) is 5.56. The number of nitrogen functional groups attached to an aromatic ring is 1. The summed E-state index contributed by atoms with van der Waals surface area (Å²) in [4.78, 5) is 21.4. The summed E-state index contributed by atoms with van der Waals surface area (Å²) >= 11 is 1.43. The molecule has 0 spiro atoms. The van der Waals surface area contributed by atoms with Crippen LogP contribution in [0.4, 0.5) is 9.52 Å². The zero-order chi connectivity index (χ0) is 14.9. The summed E-state index contributed by atoms with van der Waals surface area (Å²) in [5, 5.41) is 10.4. The van der Waals surface area contributed by atoms with E-state index in [0.717, 1.165) is 11.3 Å². The number of thiazole rings is 1. The molecular formula is C9H7FN3O4PS2. The molecule has 0 atom stereocenters. The summed E-state index contributed by atoms with van der Waals surface area (Å²) < 4.78 is 29.9. The predicted molar refractivity (Wildman–Crippen MR) is 73.0 cm³/mol. The van der Waals surface area contributed by atoms with Gasteiger partial charge in [-0.3, -0.25) is 4.57 Å². The van der Waals surface area contributed by atoms with Gasteiger partial charge < -0.3 is 20.3 Å². The number of hydrogen-bond donors (Lipinski definition) is 3. The van der Waals surface area contributed by atoms with E-state index >= 15 is 0 Å². The van der Waals surface area contributed by atoms with Crippen molar-refractivity contribution in [2.45, 2.75) is 4.90 Å². The molecule has 0 aliphatic carbocycles. The number of hydrogen-bond acceptors (Lipinski definition) is 7. The lowest BCUT2D eigenvalue weighted by molar-refractivity contribution is 0.301.